The van der Waals surface area contributed by atoms with Crippen LogP contribution < -0.4 is 0 Å². The topological polar surface area (TPSA) is 43.9 Å². The lowest BCUT2D eigenvalue weighted by Crippen LogP contribution is -2.62. The van der Waals surface area contributed by atoms with Crippen molar-refractivity contribution in [2.75, 3.05) is 39.0 Å². The molecular weight excluding hydrogens is 310 g/mol. The van der Waals surface area contributed by atoms with Crippen molar-refractivity contribution >= 4 is 10.0 Å². The van der Waals surface area contributed by atoms with Crippen LogP contribution in [-0.2, 0) is 10.0 Å². The normalized spacial score (nSPS) is 26.7. The van der Waals surface area contributed by atoms with E-state index in [4.69, 9.17) is 0 Å². The molecule has 5 nitrogen and oxygen atoms in total. The van der Waals surface area contributed by atoms with E-state index >= 15 is 0 Å². The van der Waals surface area contributed by atoms with Gasteiger partial charge in [0.2, 0.25) is 10.0 Å². The van der Waals surface area contributed by atoms with Crippen molar-refractivity contribution in [1.29, 1.82) is 0 Å². The van der Waals surface area contributed by atoms with Gasteiger partial charge in [0.15, 0.2) is 0 Å². The lowest BCUT2D eigenvalue weighted by molar-refractivity contribution is -0.000614. The van der Waals surface area contributed by atoms with Crippen LogP contribution in [0.5, 0.6) is 0 Å². The van der Waals surface area contributed by atoms with Crippen molar-refractivity contribution in [3.05, 3.63) is 0 Å². The molecule has 2 unspecified atom stereocenters. The maximum Gasteiger partial charge on any atom is 0.211 e. The maximum atomic E-state index is 12.0. The average molecular weight is 346 g/mol. The van der Waals surface area contributed by atoms with Gasteiger partial charge in [0.25, 0.3) is 0 Å². The summed E-state index contributed by atoms with van der Waals surface area (Å²) < 4.78 is 25.7. The SMILES string of the molecule is CCN(CC1CN(C2CC2)CCN1C(C)C(C)(C)C)S(C)(=O)=O. The van der Waals surface area contributed by atoms with Gasteiger partial charge in [-0.25, -0.2) is 12.7 Å². The second-order valence-corrected chi connectivity index (χ2v) is 10.4. The van der Waals surface area contributed by atoms with E-state index in [1.54, 1.807) is 4.31 Å². The van der Waals surface area contributed by atoms with Crippen molar-refractivity contribution < 1.29 is 8.42 Å². The zero-order valence-corrected chi connectivity index (χ0v) is 16.6. The average Bonchev–Trinajstić information content (AvgIpc) is 3.26. The van der Waals surface area contributed by atoms with Gasteiger partial charge in [-0.3, -0.25) is 9.80 Å². The molecule has 2 fully saturated rings. The van der Waals surface area contributed by atoms with Gasteiger partial charge in [-0.2, -0.15) is 0 Å². The molecule has 2 rings (SSSR count). The van der Waals surface area contributed by atoms with Gasteiger partial charge < -0.3 is 0 Å². The third kappa shape index (κ3) is 4.91. The van der Waals surface area contributed by atoms with E-state index in [9.17, 15) is 8.42 Å². The number of sulfonamides is 1. The van der Waals surface area contributed by atoms with E-state index in [2.05, 4.69) is 37.5 Å². The molecule has 1 aliphatic heterocycles. The summed E-state index contributed by atoms with van der Waals surface area (Å²) in [6.07, 6.45) is 3.95. The zero-order chi connectivity index (χ0) is 17.4. The Hall–Kier alpha value is -0.170. The van der Waals surface area contributed by atoms with Crippen molar-refractivity contribution in [2.45, 2.75) is 65.6 Å². The van der Waals surface area contributed by atoms with Crippen molar-refractivity contribution in [3.63, 3.8) is 0 Å². The maximum absolute atomic E-state index is 12.0. The van der Waals surface area contributed by atoms with E-state index in [-0.39, 0.29) is 11.5 Å². The first-order valence-corrected chi connectivity index (χ1v) is 10.8. The summed E-state index contributed by atoms with van der Waals surface area (Å²) in [4.78, 5) is 5.12. The molecule has 1 aliphatic carbocycles. The molecule has 0 aromatic rings. The molecule has 0 N–H and O–H groups in total. The van der Waals surface area contributed by atoms with Crippen LogP contribution in [0.3, 0.4) is 0 Å². The minimum Gasteiger partial charge on any atom is -0.298 e. The molecule has 2 atom stereocenters. The van der Waals surface area contributed by atoms with Gasteiger partial charge >= 0.3 is 0 Å². The van der Waals surface area contributed by atoms with Crippen molar-refractivity contribution in [1.82, 2.24) is 14.1 Å². The molecule has 2 aliphatic rings. The third-order valence-electron chi connectivity index (χ3n) is 5.61. The van der Waals surface area contributed by atoms with Crippen LogP contribution in [0.25, 0.3) is 0 Å². The van der Waals surface area contributed by atoms with Gasteiger partial charge in [-0.1, -0.05) is 27.7 Å². The molecule has 1 heterocycles. The monoisotopic (exact) mass is 345 g/mol. The summed E-state index contributed by atoms with van der Waals surface area (Å²) in [5.41, 5.74) is 0.197. The second-order valence-electron chi connectivity index (χ2n) is 8.37. The summed E-state index contributed by atoms with van der Waals surface area (Å²) in [5, 5.41) is 0. The highest BCUT2D eigenvalue weighted by Crippen LogP contribution is 2.32. The highest BCUT2D eigenvalue weighted by atomic mass is 32.2. The molecule has 0 aromatic carbocycles. The van der Waals surface area contributed by atoms with Crippen molar-refractivity contribution in [2.24, 2.45) is 5.41 Å². The van der Waals surface area contributed by atoms with Crippen molar-refractivity contribution in [3.8, 4) is 0 Å². The molecule has 0 radical (unpaired) electrons. The Morgan fingerprint density at radius 3 is 2.26 bits per heavy atom. The molecule has 6 heteroatoms. The second kappa shape index (κ2) is 6.98. The predicted octanol–water partition coefficient (Wildman–Crippen LogP) is 1.85. The number of piperazine rings is 1. The standard InChI is InChI=1S/C17H35N3O2S/c1-7-19(23(6,21)22)13-16-12-18(15-8-9-15)10-11-20(16)14(2)17(3,4)5/h14-16H,7-13H2,1-6H3. The smallest absolute Gasteiger partial charge is 0.211 e. The highest BCUT2D eigenvalue weighted by Gasteiger charge is 2.40. The molecule has 23 heavy (non-hydrogen) atoms. The fourth-order valence-electron chi connectivity index (χ4n) is 3.57. The largest absolute Gasteiger partial charge is 0.298 e. The Labute approximate surface area is 143 Å². The fourth-order valence-corrected chi connectivity index (χ4v) is 4.48. The van der Waals surface area contributed by atoms with Gasteiger partial charge in [0, 0.05) is 50.8 Å². The molecule has 1 saturated carbocycles. The third-order valence-corrected chi connectivity index (χ3v) is 6.96. The van der Waals surface area contributed by atoms with E-state index < -0.39 is 10.0 Å². The summed E-state index contributed by atoms with van der Waals surface area (Å²) in [6.45, 7) is 15.4. The summed E-state index contributed by atoms with van der Waals surface area (Å²) >= 11 is 0. The first-order chi connectivity index (χ1) is 10.5. The van der Waals surface area contributed by atoms with E-state index in [1.807, 2.05) is 6.92 Å². The molecule has 0 spiro atoms. The van der Waals surface area contributed by atoms with Crippen LogP contribution in [0.1, 0.15) is 47.5 Å². The quantitative estimate of drug-likeness (QED) is 0.737. The van der Waals surface area contributed by atoms with Crippen LogP contribution >= 0.6 is 0 Å². The van der Waals surface area contributed by atoms with Gasteiger partial charge in [0.05, 0.1) is 6.26 Å². The van der Waals surface area contributed by atoms with Crippen LogP contribution in [0.15, 0.2) is 0 Å². The lowest BCUT2D eigenvalue weighted by Gasteiger charge is -2.49. The molecule has 0 amide bonds. The zero-order valence-electron chi connectivity index (χ0n) is 15.7. The first-order valence-electron chi connectivity index (χ1n) is 8.99. The minimum atomic E-state index is -3.13. The predicted molar refractivity (Wildman–Crippen MR) is 96.1 cm³/mol. The number of nitrogens with zero attached hydrogens (tertiary/aromatic N) is 3. The van der Waals surface area contributed by atoms with Gasteiger partial charge in [-0.05, 0) is 25.2 Å². The number of likely N-dealkylation sites (N-methyl/N-ethyl adjacent to an activating group) is 1. The van der Waals surface area contributed by atoms with Crippen LogP contribution in [0.2, 0.25) is 0 Å². The van der Waals surface area contributed by atoms with Gasteiger partial charge in [-0.15, -0.1) is 0 Å². The number of hydrogen-bond acceptors (Lipinski definition) is 4. The summed E-state index contributed by atoms with van der Waals surface area (Å²) in [6, 6.07) is 1.47. The molecule has 1 saturated heterocycles. The van der Waals surface area contributed by atoms with Crippen LogP contribution in [-0.4, -0.2) is 79.6 Å². The summed E-state index contributed by atoms with van der Waals surface area (Å²) in [5.74, 6) is 0. The Morgan fingerprint density at radius 1 is 1.22 bits per heavy atom. The number of hydrogen-bond donors (Lipinski definition) is 0. The minimum absolute atomic E-state index is 0.197. The molecule has 0 aromatic heterocycles. The summed E-state index contributed by atoms with van der Waals surface area (Å²) in [7, 11) is -3.13. The van der Waals surface area contributed by atoms with E-state index in [1.165, 1.54) is 19.1 Å². The first kappa shape index (κ1) is 19.2. The number of rotatable bonds is 6. The molecular formula is C17H35N3O2S. The van der Waals surface area contributed by atoms with E-state index in [0.29, 0.717) is 19.1 Å². The Bertz CT molecular complexity index is 496. The Morgan fingerprint density at radius 2 is 1.83 bits per heavy atom. The highest BCUT2D eigenvalue weighted by molar-refractivity contribution is 7.88. The fraction of sp³-hybridized carbons (Fsp3) is 1.00. The lowest BCUT2D eigenvalue weighted by atomic mass is 9.85. The van der Waals surface area contributed by atoms with Crippen LogP contribution in [0.4, 0.5) is 0 Å². The Kier molecular flexibility index (Phi) is 5.82. The van der Waals surface area contributed by atoms with Crippen LogP contribution in [0, 0.1) is 5.41 Å². The molecule has 0 bridgehead atoms. The Balaban J connectivity index is 2.15. The van der Waals surface area contributed by atoms with E-state index in [0.717, 1.165) is 25.7 Å². The molecule has 136 valence electrons. The van der Waals surface area contributed by atoms with Gasteiger partial charge in [0.1, 0.15) is 0 Å².